The average molecular weight is 263 g/mol. The molecule has 19 heavy (non-hydrogen) atoms. The Morgan fingerprint density at radius 1 is 1.53 bits per heavy atom. The Morgan fingerprint density at radius 2 is 2.32 bits per heavy atom. The fraction of sp³-hybridized carbons (Fsp3) is 0.500. The van der Waals surface area contributed by atoms with Crippen LogP contribution in [0.5, 0.6) is 5.75 Å². The van der Waals surface area contributed by atoms with Gasteiger partial charge in [-0.1, -0.05) is 0 Å². The molecule has 0 unspecified atom stereocenters. The van der Waals surface area contributed by atoms with Gasteiger partial charge in [0.25, 0.3) is 0 Å². The van der Waals surface area contributed by atoms with Crippen LogP contribution >= 0.6 is 0 Å². The molecule has 1 fully saturated rings. The molecule has 0 aromatic heterocycles. The zero-order valence-corrected chi connectivity index (χ0v) is 11.7. The van der Waals surface area contributed by atoms with Crippen LogP contribution in [0.2, 0.25) is 0 Å². The summed E-state index contributed by atoms with van der Waals surface area (Å²) in [6.07, 6.45) is 0. The quantitative estimate of drug-likeness (QED) is 0.856. The maximum Gasteiger partial charge on any atom is 0.321 e. The summed E-state index contributed by atoms with van der Waals surface area (Å²) in [5, 5.41) is 6.27. The monoisotopic (exact) mass is 263 g/mol. The molecule has 2 amide bonds. The minimum atomic E-state index is -0.0402. The number of piperazine rings is 1. The van der Waals surface area contributed by atoms with Gasteiger partial charge in [0.2, 0.25) is 0 Å². The van der Waals surface area contributed by atoms with E-state index in [9.17, 15) is 4.79 Å². The van der Waals surface area contributed by atoms with Crippen molar-refractivity contribution in [3.8, 4) is 5.75 Å². The second kappa shape index (κ2) is 5.93. The number of rotatable bonds is 2. The van der Waals surface area contributed by atoms with Crippen molar-refractivity contribution in [2.75, 3.05) is 32.1 Å². The number of aryl methyl sites for hydroxylation is 1. The van der Waals surface area contributed by atoms with Crippen LogP contribution in [0.4, 0.5) is 10.5 Å². The van der Waals surface area contributed by atoms with E-state index >= 15 is 0 Å². The zero-order valence-electron chi connectivity index (χ0n) is 11.7. The number of benzene rings is 1. The van der Waals surface area contributed by atoms with Crippen LogP contribution < -0.4 is 15.4 Å². The molecule has 0 spiro atoms. The standard InChI is InChI=1S/C14H21N3O2/c1-10-8-12(19-3)4-5-13(10)16-14(18)17-7-6-15-11(2)9-17/h4-5,8,11,15H,6-7,9H2,1-3H3,(H,16,18)/t11-/m0/s1. The second-order valence-corrected chi connectivity index (χ2v) is 4.91. The van der Waals surface area contributed by atoms with Gasteiger partial charge in [-0.2, -0.15) is 0 Å². The highest BCUT2D eigenvalue weighted by Crippen LogP contribution is 2.21. The number of nitrogens with one attached hydrogen (secondary N) is 2. The molecule has 0 saturated carbocycles. The van der Waals surface area contributed by atoms with Crippen molar-refractivity contribution < 1.29 is 9.53 Å². The maximum atomic E-state index is 12.2. The Labute approximate surface area is 113 Å². The zero-order chi connectivity index (χ0) is 13.8. The minimum Gasteiger partial charge on any atom is -0.497 e. The first kappa shape index (κ1) is 13.7. The molecule has 0 bridgehead atoms. The molecule has 1 saturated heterocycles. The molecule has 1 heterocycles. The summed E-state index contributed by atoms with van der Waals surface area (Å²) in [4.78, 5) is 14.0. The summed E-state index contributed by atoms with van der Waals surface area (Å²) in [5.74, 6) is 0.797. The smallest absolute Gasteiger partial charge is 0.321 e. The van der Waals surface area contributed by atoms with Gasteiger partial charge in [-0.05, 0) is 37.6 Å². The highest BCUT2D eigenvalue weighted by atomic mass is 16.5. The van der Waals surface area contributed by atoms with Gasteiger partial charge in [-0.3, -0.25) is 0 Å². The predicted octanol–water partition coefficient (Wildman–Crippen LogP) is 1.83. The van der Waals surface area contributed by atoms with E-state index in [1.54, 1.807) is 7.11 Å². The molecule has 2 rings (SSSR count). The van der Waals surface area contributed by atoms with Crippen LogP contribution in [0.25, 0.3) is 0 Å². The summed E-state index contributed by atoms with van der Waals surface area (Å²) < 4.78 is 5.15. The Morgan fingerprint density at radius 3 is 2.95 bits per heavy atom. The number of anilines is 1. The van der Waals surface area contributed by atoms with Crippen molar-refractivity contribution in [2.45, 2.75) is 19.9 Å². The first-order chi connectivity index (χ1) is 9.10. The number of carbonyl (C=O) groups excluding carboxylic acids is 1. The van der Waals surface area contributed by atoms with Crippen LogP contribution in [0.3, 0.4) is 0 Å². The van der Waals surface area contributed by atoms with Crippen LogP contribution in [-0.2, 0) is 0 Å². The highest BCUT2D eigenvalue weighted by Gasteiger charge is 2.20. The van der Waals surface area contributed by atoms with Crippen LogP contribution in [0.1, 0.15) is 12.5 Å². The van der Waals surface area contributed by atoms with Gasteiger partial charge in [0.1, 0.15) is 5.75 Å². The van der Waals surface area contributed by atoms with Gasteiger partial charge < -0.3 is 20.3 Å². The number of nitrogens with zero attached hydrogens (tertiary/aromatic N) is 1. The molecule has 1 aliphatic rings. The van der Waals surface area contributed by atoms with Crippen molar-refractivity contribution in [1.82, 2.24) is 10.2 Å². The summed E-state index contributed by atoms with van der Waals surface area (Å²) in [6.45, 7) is 6.36. The van der Waals surface area contributed by atoms with E-state index in [1.165, 1.54) is 0 Å². The Balaban J connectivity index is 2.02. The molecule has 1 aromatic carbocycles. The molecule has 0 aliphatic carbocycles. The lowest BCUT2D eigenvalue weighted by molar-refractivity contribution is 0.192. The van der Waals surface area contributed by atoms with Crippen LogP contribution in [-0.4, -0.2) is 43.7 Å². The molecule has 104 valence electrons. The lowest BCUT2D eigenvalue weighted by atomic mass is 10.2. The van der Waals surface area contributed by atoms with Gasteiger partial charge >= 0.3 is 6.03 Å². The molecule has 5 nitrogen and oxygen atoms in total. The van der Waals surface area contributed by atoms with E-state index in [1.807, 2.05) is 30.0 Å². The van der Waals surface area contributed by atoms with Gasteiger partial charge in [0, 0.05) is 31.4 Å². The van der Waals surface area contributed by atoms with E-state index in [0.717, 1.165) is 36.6 Å². The summed E-state index contributed by atoms with van der Waals surface area (Å²) in [7, 11) is 1.63. The third-order valence-electron chi connectivity index (χ3n) is 3.33. The van der Waals surface area contributed by atoms with E-state index in [2.05, 4.69) is 17.6 Å². The number of ether oxygens (including phenoxy) is 1. The Hall–Kier alpha value is -1.75. The van der Waals surface area contributed by atoms with Gasteiger partial charge in [-0.15, -0.1) is 0 Å². The van der Waals surface area contributed by atoms with Crippen molar-refractivity contribution >= 4 is 11.7 Å². The first-order valence-corrected chi connectivity index (χ1v) is 6.54. The Kier molecular flexibility index (Phi) is 4.27. The summed E-state index contributed by atoms with van der Waals surface area (Å²) in [5.41, 5.74) is 1.83. The number of urea groups is 1. The SMILES string of the molecule is COc1ccc(NC(=O)N2CCN[C@@H](C)C2)c(C)c1. The average Bonchev–Trinajstić information content (AvgIpc) is 2.41. The molecule has 1 atom stereocenters. The lowest BCUT2D eigenvalue weighted by Crippen LogP contribution is -2.52. The number of amides is 2. The molecule has 2 N–H and O–H groups in total. The number of methoxy groups -OCH3 is 1. The van der Waals surface area contributed by atoms with Gasteiger partial charge in [-0.25, -0.2) is 4.79 Å². The van der Waals surface area contributed by atoms with E-state index in [-0.39, 0.29) is 6.03 Å². The lowest BCUT2D eigenvalue weighted by Gasteiger charge is -2.32. The first-order valence-electron chi connectivity index (χ1n) is 6.54. The molecule has 5 heteroatoms. The van der Waals surface area contributed by atoms with Crippen molar-refractivity contribution in [3.63, 3.8) is 0 Å². The van der Waals surface area contributed by atoms with Crippen molar-refractivity contribution in [1.29, 1.82) is 0 Å². The molecule has 1 aliphatic heterocycles. The Bertz CT molecular complexity index is 462. The minimum absolute atomic E-state index is 0.0402. The number of hydrogen-bond acceptors (Lipinski definition) is 3. The third kappa shape index (κ3) is 3.38. The number of hydrogen-bond donors (Lipinski definition) is 2. The van der Waals surface area contributed by atoms with Crippen LogP contribution in [0, 0.1) is 6.92 Å². The van der Waals surface area contributed by atoms with E-state index in [4.69, 9.17) is 4.74 Å². The highest BCUT2D eigenvalue weighted by molar-refractivity contribution is 5.90. The van der Waals surface area contributed by atoms with Crippen molar-refractivity contribution in [2.24, 2.45) is 0 Å². The molecule has 1 aromatic rings. The fourth-order valence-corrected chi connectivity index (χ4v) is 2.21. The molecule has 0 radical (unpaired) electrons. The summed E-state index contributed by atoms with van der Waals surface area (Å²) >= 11 is 0. The number of carbonyl (C=O) groups is 1. The third-order valence-corrected chi connectivity index (χ3v) is 3.33. The normalized spacial score (nSPS) is 19.1. The largest absolute Gasteiger partial charge is 0.497 e. The predicted molar refractivity (Wildman–Crippen MR) is 75.8 cm³/mol. The second-order valence-electron chi connectivity index (χ2n) is 4.91. The summed E-state index contributed by atoms with van der Waals surface area (Å²) in [6, 6.07) is 5.94. The molecular formula is C14H21N3O2. The molecular weight excluding hydrogens is 242 g/mol. The fourth-order valence-electron chi connectivity index (χ4n) is 2.21. The van der Waals surface area contributed by atoms with E-state index in [0.29, 0.717) is 6.04 Å². The van der Waals surface area contributed by atoms with Crippen molar-refractivity contribution in [3.05, 3.63) is 23.8 Å². The van der Waals surface area contributed by atoms with Gasteiger partial charge in [0.05, 0.1) is 7.11 Å². The van der Waals surface area contributed by atoms with Gasteiger partial charge in [0.15, 0.2) is 0 Å². The maximum absolute atomic E-state index is 12.2. The topological polar surface area (TPSA) is 53.6 Å². The van der Waals surface area contributed by atoms with Crippen LogP contribution in [0.15, 0.2) is 18.2 Å². The van der Waals surface area contributed by atoms with E-state index < -0.39 is 0 Å².